The molecule has 0 unspecified atom stereocenters. The Morgan fingerprint density at radius 1 is 1.44 bits per heavy atom. The lowest BCUT2D eigenvalue weighted by Gasteiger charge is -2.23. The highest BCUT2D eigenvalue weighted by atomic mass is 79.9. The Kier molecular flexibility index (Phi) is 3.26. The number of anilines is 1. The van der Waals surface area contributed by atoms with Gasteiger partial charge in [0.25, 0.3) is 0 Å². The molecule has 0 aliphatic heterocycles. The number of furan rings is 1. The molecule has 0 bridgehead atoms. The van der Waals surface area contributed by atoms with Crippen molar-refractivity contribution in [2.24, 2.45) is 0 Å². The van der Waals surface area contributed by atoms with E-state index in [1.165, 1.54) is 19.2 Å². The monoisotopic (exact) mass is 327 g/mol. The van der Waals surface area contributed by atoms with Gasteiger partial charge >= 0.3 is 0 Å². The van der Waals surface area contributed by atoms with Gasteiger partial charge in [-0.2, -0.15) is 0 Å². The van der Waals surface area contributed by atoms with Gasteiger partial charge < -0.3 is 9.32 Å². The van der Waals surface area contributed by atoms with Crippen LogP contribution in [0.4, 0.5) is 5.82 Å². The van der Waals surface area contributed by atoms with Crippen LogP contribution in [0.25, 0.3) is 0 Å². The van der Waals surface area contributed by atoms with E-state index in [1.54, 1.807) is 6.26 Å². The molecule has 0 aromatic carbocycles. The van der Waals surface area contributed by atoms with Gasteiger partial charge in [-0.25, -0.2) is 9.97 Å². The zero-order chi connectivity index (χ0) is 12.5. The molecule has 0 spiro atoms. The van der Waals surface area contributed by atoms with E-state index in [-0.39, 0.29) is 0 Å². The van der Waals surface area contributed by atoms with E-state index in [0.717, 1.165) is 16.1 Å². The van der Waals surface area contributed by atoms with Crippen LogP contribution in [0.5, 0.6) is 0 Å². The fourth-order valence-corrected chi connectivity index (χ4v) is 2.43. The van der Waals surface area contributed by atoms with E-state index >= 15 is 0 Å². The van der Waals surface area contributed by atoms with Crippen molar-refractivity contribution in [2.75, 3.05) is 4.90 Å². The molecule has 18 heavy (non-hydrogen) atoms. The second kappa shape index (κ2) is 4.90. The van der Waals surface area contributed by atoms with Crippen molar-refractivity contribution in [3.05, 3.63) is 40.1 Å². The lowest BCUT2D eigenvalue weighted by Crippen LogP contribution is -2.26. The molecule has 0 atom stereocenters. The molecule has 2 heterocycles. The molecular formula is C12H11BrClN3O. The predicted molar refractivity (Wildman–Crippen MR) is 72.7 cm³/mol. The summed E-state index contributed by atoms with van der Waals surface area (Å²) in [6.45, 7) is 0.698. The SMILES string of the molecule is Clc1ncnc(N(Cc2ccco2)C2CC2)c1Br. The van der Waals surface area contributed by atoms with Crippen LogP contribution in [0.1, 0.15) is 18.6 Å². The smallest absolute Gasteiger partial charge is 0.148 e. The van der Waals surface area contributed by atoms with Crippen molar-refractivity contribution >= 4 is 33.3 Å². The van der Waals surface area contributed by atoms with Gasteiger partial charge in [-0.1, -0.05) is 11.6 Å². The number of hydrogen-bond donors (Lipinski definition) is 0. The molecule has 1 fully saturated rings. The van der Waals surface area contributed by atoms with E-state index in [1.807, 2.05) is 12.1 Å². The number of aromatic nitrogens is 2. The minimum atomic E-state index is 0.435. The summed E-state index contributed by atoms with van der Waals surface area (Å²) >= 11 is 9.47. The van der Waals surface area contributed by atoms with Crippen LogP contribution in [0.15, 0.2) is 33.6 Å². The fraction of sp³-hybridized carbons (Fsp3) is 0.333. The van der Waals surface area contributed by atoms with E-state index in [0.29, 0.717) is 17.7 Å². The van der Waals surface area contributed by atoms with Crippen LogP contribution < -0.4 is 4.90 Å². The van der Waals surface area contributed by atoms with Gasteiger partial charge in [-0.3, -0.25) is 0 Å². The molecule has 1 aliphatic rings. The van der Waals surface area contributed by atoms with Crippen molar-refractivity contribution in [1.29, 1.82) is 0 Å². The fourth-order valence-electron chi connectivity index (χ4n) is 1.87. The Morgan fingerprint density at radius 3 is 2.94 bits per heavy atom. The average Bonchev–Trinajstić information content (AvgIpc) is 3.08. The second-order valence-corrected chi connectivity index (χ2v) is 5.39. The maximum atomic E-state index is 6.02. The van der Waals surface area contributed by atoms with Gasteiger partial charge in [0.1, 0.15) is 23.1 Å². The molecule has 2 aromatic heterocycles. The van der Waals surface area contributed by atoms with E-state index in [2.05, 4.69) is 30.8 Å². The third-order valence-electron chi connectivity index (χ3n) is 2.89. The van der Waals surface area contributed by atoms with Crippen molar-refractivity contribution in [1.82, 2.24) is 9.97 Å². The topological polar surface area (TPSA) is 42.2 Å². The van der Waals surface area contributed by atoms with Crippen LogP contribution in [0.2, 0.25) is 5.15 Å². The van der Waals surface area contributed by atoms with Crippen LogP contribution in [0.3, 0.4) is 0 Å². The minimum Gasteiger partial charge on any atom is -0.467 e. The molecule has 0 amide bonds. The summed E-state index contributed by atoms with van der Waals surface area (Å²) < 4.78 is 6.14. The molecule has 6 heteroatoms. The number of halogens is 2. The average molecular weight is 329 g/mol. The molecular weight excluding hydrogens is 318 g/mol. The van der Waals surface area contributed by atoms with E-state index < -0.39 is 0 Å². The first kappa shape index (κ1) is 12.0. The van der Waals surface area contributed by atoms with Crippen LogP contribution in [0, 0.1) is 0 Å². The highest BCUT2D eigenvalue weighted by Crippen LogP contribution is 2.37. The Labute approximate surface area is 118 Å². The van der Waals surface area contributed by atoms with Crippen molar-refractivity contribution < 1.29 is 4.42 Å². The molecule has 4 nitrogen and oxygen atoms in total. The van der Waals surface area contributed by atoms with Gasteiger partial charge in [0.2, 0.25) is 0 Å². The summed E-state index contributed by atoms with van der Waals surface area (Å²) in [5, 5.41) is 0.435. The summed E-state index contributed by atoms with van der Waals surface area (Å²) in [5.41, 5.74) is 0. The Morgan fingerprint density at radius 2 is 2.28 bits per heavy atom. The lowest BCUT2D eigenvalue weighted by atomic mass is 10.3. The van der Waals surface area contributed by atoms with Gasteiger partial charge in [0.05, 0.1) is 17.3 Å². The van der Waals surface area contributed by atoms with Gasteiger partial charge in [-0.15, -0.1) is 0 Å². The zero-order valence-corrected chi connectivity index (χ0v) is 11.9. The second-order valence-electron chi connectivity index (χ2n) is 4.24. The zero-order valence-electron chi connectivity index (χ0n) is 9.51. The first-order chi connectivity index (χ1) is 8.75. The predicted octanol–water partition coefficient (Wildman–Crippen LogP) is 3.65. The maximum Gasteiger partial charge on any atom is 0.148 e. The number of nitrogens with zero attached hydrogens (tertiary/aromatic N) is 3. The summed E-state index contributed by atoms with van der Waals surface area (Å²) in [7, 11) is 0. The third-order valence-corrected chi connectivity index (χ3v) is 4.14. The quantitative estimate of drug-likeness (QED) is 0.803. The largest absolute Gasteiger partial charge is 0.467 e. The molecule has 2 aromatic rings. The molecule has 1 saturated carbocycles. The van der Waals surface area contributed by atoms with E-state index in [4.69, 9.17) is 16.0 Å². The summed E-state index contributed by atoms with van der Waals surface area (Å²) in [6, 6.07) is 4.37. The maximum absolute atomic E-state index is 6.02. The van der Waals surface area contributed by atoms with Gasteiger partial charge in [0, 0.05) is 6.04 Å². The highest BCUT2D eigenvalue weighted by Gasteiger charge is 2.32. The van der Waals surface area contributed by atoms with Crippen molar-refractivity contribution in [2.45, 2.75) is 25.4 Å². The van der Waals surface area contributed by atoms with Gasteiger partial charge in [-0.05, 0) is 40.9 Å². The molecule has 0 N–H and O–H groups in total. The summed E-state index contributed by atoms with van der Waals surface area (Å²) in [5.74, 6) is 1.75. The number of rotatable bonds is 4. The summed E-state index contributed by atoms with van der Waals surface area (Å²) in [6.07, 6.45) is 5.52. The summed E-state index contributed by atoms with van der Waals surface area (Å²) in [4.78, 5) is 10.5. The molecule has 0 saturated heterocycles. The molecule has 94 valence electrons. The first-order valence-electron chi connectivity index (χ1n) is 5.70. The Hall–Kier alpha value is -1.07. The Bertz CT molecular complexity index is 542. The van der Waals surface area contributed by atoms with Crippen LogP contribution in [-0.4, -0.2) is 16.0 Å². The molecule has 3 rings (SSSR count). The first-order valence-corrected chi connectivity index (χ1v) is 6.88. The third kappa shape index (κ3) is 2.37. The van der Waals surface area contributed by atoms with Crippen molar-refractivity contribution in [3.63, 3.8) is 0 Å². The number of hydrogen-bond acceptors (Lipinski definition) is 4. The van der Waals surface area contributed by atoms with Crippen LogP contribution in [-0.2, 0) is 6.54 Å². The standard InChI is InChI=1S/C12H11BrClN3O/c13-10-11(14)15-7-16-12(10)17(8-3-4-8)6-9-2-1-5-18-9/h1-2,5,7-8H,3-4,6H2. The van der Waals surface area contributed by atoms with E-state index in [9.17, 15) is 0 Å². The molecule has 1 aliphatic carbocycles. The van der Waals surface area contributed by atoms with Gasteiger partial charge in [0.15, 0.2) is 0 Å². The molecule has 0 radical (unpaired) electrons. The van der Waals surface area contributed by atoms with Crippen molar-refractivity contribution in [3.8, 4) is 0 Å². The van der Waals surface area contributed by atoms with Crippen LogP contribution >= 0.6 is 27.5 Å². The Balaban J connectivity index is 1.91. The normalized spacial score (nSPS) is 14.8. The lowest BCUT2D eigenvalue weighted by molar-refractivity contribution is 0.500. The highest BCUT2D eigenvalue weighted by molar-refractivity contribution is 9.10. The minimum absolute atomic E-state index is 0.435.